The molecule has 0 aromatic carbocycles. The fraction of sp³-hybridized carbons (Fsp3) is 0.200. The Labute approximate surface area is 47.6 Å². The summed E-state index contributed by atoms with van der Waals surface area (Å²) in [6.07, 6.45) is 0. The summed E-state index contributed by atoms with van der Waals surface area (Å²) in [5.74, 6) is 0. The van der Waals surface area contributed by atoms with E-state index in [9.17, 15) is 0 Å². The Bertz CT molecular complexity index is 147. The van der Waals surface area contributed by atoms with Crippen molar-refractivity contribution < 1.29 is 6.48 Å². The molecule has 2 heteroatoms. The van der Waals surface area contributed by atoms with Crippen LogP contribution >= 0.6 is 11.3 Å². The Morgan fingerprint density at radius 3 is 3.14 bits per heavy atom. The quantitative estimate of drug-likeness (QED) is 0.583. The zero-order valence-corrected chi connectivity index (χ0v) is 4.48. The molecule has 1 N–H and O–H groups in total. The van der Waals surface area contributed by atoms with E-state index in [4.69, 9.17) is 6.48 Å². The van der Waals surface area contributed by atoms with Crippen LogP contribution in [0.4, 0.5) is 0 Å². The molecule has 0 aliphatic carbocycles. The predicted octanol–water partition coefficient (Wildman–Crippen LogP) is 1.24. The van der Waals surface area contributed by atoms with Crippen molar-refractivity contribution in [3.05, 3.63) is 22.4 Å². The summed E-state index contributed by atoms with van der Waals surface area (Å²) in [6, 6.07) is 3.56. The molecule has 7 heavy (non-hydrogen) atoms. The molecule has 0 fully saturated rings. The van der Waals surface area contributed by atoms with E-state index in [1.807, 2.05) is 11.4 Å². The van der Waals surface area contributed by atoms with Crippen molar-refractivity contribution in [2.45, 2.75) is 6.58 Å². The lowest BCUT2D eigenvalue weighted by Crippen LogP contribution is -1.69. The van der Waals surface area contributed by atoms with E-state index < -0.39 is 6.58 Å². The molecule has 1 rings (SSSR count). The van der Waals surface area contributed by atoms with Crippen molar-refractivity contribution in [2.75, 3.05) is 0 Å². The average molecular weight is 115 g/mol. The van der Waals surface area contributed by atoms with Crippen LogP contribution in [0.3, 0.4) is 0 Å². The number of aliphatic hydroxyl groups excluding tert-OH is 1. The maximum Gasteiger partial charge on any atom is 0.0774 e. The van der Waals surface area contributed by atoms with Gasteiger partial charge in [-0.1, -0.05) is 6.07 Å². The third-order valence-corrected chi connectivity index (χ3v) is 1.48. The van der Waals surface area contributed by atoms with Crippen molar-refractivity contribution in [1.29, 1.82) is 0 Å². The number of rotatable bonds is 1. The smallest absolute Gasteiger partial charge is 0.0774 e. The monoisotopic (exact) mass is 115 g/mol. The SMILES string of the molecule is [2H][C@H](O)c1cccs1. The van der Waals surface area contributed by atoms with Gasteiger partial charge in [0.05, 0.1) is 7.95 Å². The second kappa shape index (κ2) is 2.09. The first kappa shape index (κ1) is 3.64. The molecule has 0 saturated heterocycles. The molecule has 0 aliphatic heterocycles. The van der Waals surface area contributed by atoms with Gasteiger partial charge >= 0.3 is 0 Å². The van der Waals surface area contributed by atoms with Crippen LogP contribution in [0.2, 0.25) is 0 Å². The summed E-state index contributed by atoms with van der Waals surface area (Å²) < 4.78 is 6.80. The third kappa shape index (κ3) is 1.01. The van der Waals surface area contributed by atoms with Crippen molar-refractivity contribution in [3.63, 3.8) is 0 Å². The van der Waals surface area contributed by atoms with E-state index in [2.05, 4.69) is 0 Å². The average Bonchev–Trinajstić information content (AvgIpc) is 2.12. The summed E-state index contributed by atoms with van der Waals surface area (Å²) in [6.45, 7) is -1.05. The molecule has 0 saturated carbocycles. The second-order valence-corrected chi connectivity index (χ2v) is 2.12. The molecule has 0 unspecified atom stereocenters. The number of thiophene rings is 1. The van der Waals surface area contributed by atoms with Crippen LogP contribution in [0.25, 0.3) is 0 Å². The summed E-state index contributed by atoms with van der Waals surface area (Å²) >= 11 is 1.39. The van der Waals surface area contributed by atoms with Crippen molar-refractivity contribution in [2.24, 2.45) is 0 Å². The van der Waals surface area contributed by atoms with Gasteiger partial charge in [-0.05, 0) is 11.4 Å². The van der Waals surface area contributed by atoms with E-state index in [1.54, 1.807) is 6.07 Å². The van der Waals surface area contributed by atoms with Crippen LogP contribution < -0.4 is 0 Å². The van der Waals surface area contributed by atoms with Crippen molar-refractivity contribution in [1.82, 2.24) is 0 Å². The molecule has 1 aromatic rings. The summed E-state index contributed by atoms with van der Waals surface area (Å²) in [5.41, 5.74) is 0. The fourth-order valence-corrected chi connectivity index (χ4v) is 0.897. The predicted molar refractivity (Wildman–Crippen MR) is 30.2 cm³/mol. The normalized spacial score (nSPS) is 15.9. The van der Waals surface area contributed by atoms with Gasteiger partial charge in [-0.3, -0.25) is 0 Å². The molecule has 1 atom stereocenters. The fourth-order valence-electron chi connectivity index (χ4n) is 0.365. The van der Waals surface area contributed by atoms with Gasteiger partial charge in [0.1, 0.15) is 0 Å². The molecule has 1 aromatic heterocycles. The maximum atomic E-state index is 8.59. The van der Waals surface area contributed by atoms with Crippen LogP contribution in [0, 0.1) is 0 Å². The van der Waals surface area contributed by atoms with E-state index in [0.717, 1.165) is 0 Å². The Hall–Kier alpha value is -0.340. The molecule has 0 spiro atoms. The summed E-state index contributed by atoms with van der Waals surface area (Å²) in [5, 5.41) is 10.4. The standard InChI is InChI=1S/C5H6OS/c6-4-5-2-1-3-7-5/h1-3,6H,4H2/i4D/t4-/m0/s1. The van der Waals surface area contributed by atoms with Crippen molar-refractivity contribution >= 4 is 11.3 Å². The molecular weight excluding hydrogens is 108 g/mol. The van der Waals surface area contributed by atoms with Gasteiger partial charge in [0.15, 0.2) is 0 Å². The Morgan fingerprint density at radius 1 is 2.00 bits per heavy atom. The molecule has 0 bridgehead atoms. The molecule has 1 nitrogen and oxygen atoms in total. The van der Waals surface area contributed by atoms with Gasteiger partial charge in [-0.25, -0.2) is 0 Å². The first-order valence-electron chi connectivity index (χ1n) is 2.52. The minimum atomic E-state index is -1.05. The minimum absolute atomic E-state index is 0.699. The highest BCUT2D eigenvalue weighted by molar-refractivity contribution is 7.09. The van der Waals surface area contributed by atoms with Gasteiger partial charge in [0, 0.05) is 4.88 Å². The van der Waals surface area contributed by atoms with Crippen LogP contribution in [0.1, 0.15) is 6.25 Å². The van der Waals surface area contributed by atoms with Gasteiger partial charge in [0.2, 0.25) is 0 Å². The van der Waals surface area contributed by atoms with Gasteiger partial charge in [-0.2, -0.15) is 0 Å². The lowest BCUT2D eigenvalue weighted by Gasteiger charge is -1.78. The molecule has 38 valence electrons. The molecular formula is C5H6OS. The number of aliphatic hydroxyl groups is 1. The van der Waals surface area contributed by atoms with E-state index in [1.165, 1.54) is 11.3 Å². The van der Waals surface area contributed by atoms with Gasteiger partial charge in [-0.15, -0.1) is 11.3 Å². The first-order chi connectivity index (χ1) is 3.80. The summed E-state index contributed by atoms with van der Waals surface area (Å²) in [4.78, 5) is 0.699. The molecule has 0 aliphatic rings. The highest BCUT2D eigenvalue weighted by Gasteiger charge is 1.83. The van der Waals surface area contributed by atoms with Crippen LogP contribution in [-0.2, 0) is 6.58 Å². The highest BCUT2D eigenvalue weighted by Crippen LogP contribution is 2.06. The highest BCUT2D eigenvalue weighted by atomic mass is 32.1. The van der Waals surface area contributed by atoms with E-state index in [0.29, 0.717) is 4.88 Å². The Kier molecular flexibility index (Phi) is 1.09. The Morgan fingerprint density at radius 2 is 2.86 bits per heavy atom. The van der Waals surface area contributed by atoms with Crippen LogP contribution in [0.15, 0.2) is 17.5 Å². The lowest BCUT2D eigenvalue weighted by atomic mass is 10.5. The van der Waals surface area contributed by atoms with E-state index >= 15 is 0 Å². The lowest BCUT2D eigenvalue weighted by molar-refractivity contribution is 0.285. The van der Waals surface area contributed by atoms with Crippen molar-refractivity contribution in [3.8, 4) is 0 Å². The first-order valence-corrected chi connectivity index (χ1v) is 2.82. The van der Waals surface area contributed by atoms with Gasteiger partial charge < -0.3 is 5.11 Å². The molecule has 1 heterocycles. The second-order valence-electron chi connectivity index (χ2n) is 1.14. The largest absolute Gasteiger partial charge is 0.391 e. The minimum Gasteiger partial charge on any atom is -0.391 e. The topological polar surface area (TPSA) is 20.2 Å². The number of hydrogen-bond acceptors (Lipinski definition) is 2. The maximum absolute atomic E-state index is 8.59. The Balaban J connectivity index is 2.77. The molecule has 0 radical (unpaired) electrons. The van der Waals surface area contributed by atoms with Crippen LogP contribution in [0.5, 0.6) is 0 Å². The zero-order valence-electron chi connectivity index (χ0n) is 4.66. The van der Waals surface area contributed by atoms with Crippen LogP contribution in [-0.4, -0.2) is 5.11 Å². The third-order valence-electron chi connectivity index (χ3n) is 0.670. The number of hydrogen-bond donors (Lipinski definition) is 1. The zero-order chi connectivity index (χ0) is 5.98. The molecule has 0 amide bonds. The van der Waals surface area contributed by atoms with Gasteiger partial charge in [0.25, 0.3) is 0 Å². The summed E-state index contributed by atoms with van der Waals surface area (Å²) in [7, 11) is 0. The van der Waals surface area contributed by atoms with E-state index in [-0.39, 0.29) is 0 Å².